The Hall–Kier alpha value is -5.58. The summed E-state index contributed by atoms with van der Waals surface area (Å²) in [6, 6.07) is 19.4. The van der Waals surface area contributed by atoms with Gasteiger partial charge in [0.25, 0.3) is 5.56 Å². The van der Waals surface area contributed by atoms with Gasteiger partial charge in [-0.2, -0.15) is 9.78 Å². The van der Waals surface area contributed by atoms with E-state index in [9.17, 15) is 19.3 Å². The molecule has 0 aliphatic carbocycles. The number of aromatic nitrogens is 2. The molecule has 0 N–H and O–H groups in total. The van der Waals surface area contributed by atoms with Gasteiger partial charge in [0.1, 0.15) is 18.2 Å². The molecule has 10 nitrogen and oxygen atoms in total. The Morgan fingerprint density at radius 1 is 0.979 bits per heavy atom. The Morgan fingerprint density at radius 3 is 2.36 bits per heavy atom. The van der Waals surface area contributed by atoms with E-state index in [2.05, 4.69) is 18.9 Å². The van der Waals surface area contributed by atoms with Crippen molar-refractivity contribution < 1.29 is 23.5 Å². The molecule has 47 heavy (non-hydrogen) atoms. The van der Waals surface area contributed by atoms with Gasteiger partial charge in [0.2, 0.25) is 5.75 Å². The van der Waals surface area contributed by atoms with Gasteiger partial charge >= 0.3 is 5.69 Å². The summed E-state index contributed by atoms with van der Waals surface area (Å²) in [6.45, 7) is 10.4. The van der Waals surface area contributed by atoms with E-state index in [1.807, 2.05) is 32.0 Å². The third kappa shape index (κ3) is 7.14. The first-order chi connectivity index (χ1) is 22.6. The number of halogens is 1. The second-order valence-electron chi connectivity index (χ2n) is 11.1. The van der Waals surface area contributed by atoms with Gasteiger partial charge < -0.3 is 14.2 Å². The van der Waals surface area contributed by atoms with Crippen LogP contribution < -0.4 is 19.8 Å². The fourth-order valence-corrected chi connectivity index (χ4v) is 5.16. The molecule has 0 aliphatic rings. The lowest BCUT2D eigenvalue weighted by atomic mass is 9.96. The fourth-order valence-electron chi connectivity index (χ4n) is 5.16. The average Bonchev–Trinajstić information content (AvgIpc) is 3.04. The molecule has 11 heteroatoms. The molecular formula is C36H35FN4O6. The topological polar surface area (TPSA) is 118 Å². The maximum Gasteiger partial charge on any atom is 0.315 e. The molecule has 0 bridgehead atoms. The normalized spacial score (nSPS) is 11.4. The number of nitro benzene ring substituents is 1. The van der Waals surface area contributed by atoms with Crippen LogP contribution >= 0.6 is 0 Å². The number of fused-ring (bicyclic) bond motifs is 1. The van der Waals surface area contributed by atoms with E-state index in [4.69, 9.17) is 19.2 Å². The van der Waals surface area contributed by atoms with Crippen LogP contribution in [-0.2, 0) is 6.61 Å². The van der Waals surface area contributed by atoms with Crippen molar-refractivity contribution in [1.82, 2.24) is 9.66 Å². The van der Waals surface area contributed by atoms with Gasteiger partial charge in [0.15, 0.2) is 11.6 Å². The van der Waals surface area contributed by atoms with E-state index in [1.165, 1.54) is 41.2 Å². The molecule has 0 amide bonds. The van der Waals surface area contributed by atoms with Crippen LogP contribution in [0.5, 0.6) is 17.2 Å². The second-order valence-corrected chi connectivity index (χ2v) is 11.1. The number of hydrogen-bond donors (Lipinski definition) is 0. The standard InChI is InChI=1S/C36H35FN4O6/c1-6-45-32-16-23(5)29(19-28(32)22(3)4)35-39-30-11-9-8-10-27(30)36(42)40(35)38-20-25-17-31(41(43)44)34(33(18-25)46-7-2)47-21-24-12-14-26(37)15-13-24/h8-20,22H,6-7,21H2,1-5H3. The zero-order valence-corrected chi connectivity index (χ0v) is 26.8. The highest BCUT2D eigenvalue weighted by Gasteiger charge is 2.23. The summed E-state index contributed by atoms with van der Waals surface area (Å²) in [5.41, 5.74) is 3.16. The van der Waals surface area contributed by atoms with Gasteiger partial charge in [-0.25, -0.2) is 9.37 Å². The van der Waals surface area contributed by atoms with Crippen LogP contribution in [0.2, 0.25) is 0 Å². The third-order valence-corrected chi connectivity index (χ3v) is 7.45. The van der Waals surface area contributed by atoms with Crippen molar-refractivity contribution in [3.8, 4) is 28.6 Å². The number of nitro groups is 1. The number of ether oxygens (including phenoxy) is 3. The monoisotopic (exact) mass is 638 g/mol. The largest absolute Gasteiger partial charge is 0.494 e. The molecule has 242 valence electrons. The SMILES string of the molecule is CCOc1cc(C)c(-c2nc3ccccc3c(=O)n2N=Cc2cc(OCC)c(OCc3ccc(F)cc3)c([N+](=O)[O-])c2)cc1C(C)C. The molecule has 0 unspecified atom stereocenters. The third-order valence-electron chi connectivity index (χ3n) is 7.45. The van der Waals surface area contributed by atoms with Crippen LogP contribution in [0.3, 0.4) is 0 Å². The minimum absolute atomic E-state index is 0.0457. The molecule has 0 radical (unpaired) electrons. The van der Waals surface area contributed by atoms with Crippen molar-refractivity contribution >= 4 is 22.8 Å². The van der Waals surface area contributed by atoms with Crippen LogP contribution in [0, 0.1) is 22.9 Å². The summed E-state index contributed by atoms with van der Waals surface area (Å²) < 4.78 is 32.1. The first kappa shape index (κ1) is 32.8. The number of hydrogen-bond acceptors (Lipinski definition) is 8. The minimum Gasteiger partial charge on any atom is -0.494 e. The van der Waals surface area contributed by atoms with E-state index in [0.29, 0.717) is 40.0 Å². The predicted molar refractivity (Wildman–Crippen MR) is 179 cm³/mol. The van der Waals surface area contributed by atoms with E-state index in [0.717, 1.165) is 16.9 Å². The summed E-state index contributed by atoms with van der Waals surface area (Å²) in [6.07, 6.45) is 1.36. The Labute approximate surface area is 271 Å². The molecule has 0 atom stereocenters. The Balaban J connectivity index is 1.64. The van der Waals surface area contributed by atoms with Crippen molar-refractivity contribution in [3.05, 3.63) is 121 Å². The van der Waals surface area contributed by atoms with Gasteiger partial charge in [-0.1, -0.05) is 38.1 Å². The summed E-state index contributed by atoms with van der Waals surface area (Å²) in [5, 5.41) is 17.1. The highest BCUT2D eigenvalue weighted by atomic mass is 19.1. The van der Waals surface area contributed by atoms with E-state index in [-0.39, 0.29) is 36.3 Å². The average molecular weight is 639 g/mol. The second kappa shape index (κ2) is 14.2. The zero-order chi connectivity index (χ0) is 33.7. The maximum absolute atomic E-state index is 13.9. The van der Waals surface area contributed by atoms with Gasteiger partial charge in [-0.3, -0.25) is 14.9 Å². The maximum atomic E-state index is 13.9. The van der Waals surface area contributed by atoms with Crippen LogP contribution in [0.4, 0.5) is 10.1 Å². The number of rotatable bonds is 12. The smallest absolute Gasteiger partial charge is 0.315 e. The van der Waals surface area contributed by atoms with Crippen molar-refractivity contribution in [3.63, 3.8) is 0 Å². The lowest BCUT2D eigenvalue weighted by Crippen LogP contribution is -2.21. The molecule has 0 fully saturated rings. The molecule has 4 aromatic carbocycles. The molecule has 5 rings (SSSR count). The van der Waals surface area contributed by atoms with Gasteiger partial charge in [0, 0.05) is 17.2 Å². The Morgan fingerprint density at radius 2 is 1.68 bits per heavy atom. The lowest BCUT2D eigenvalue weighted by molar-refractivity contribution is -0.386. The van der Waals surface area contributed by atoms with Gasteiger partial charge in [-0.15, -0.1) is 0 Å². The number of nitrogens with zero attached hydrogens (tertiary/aromatic N) is 4. The highest BCUT2D eigenvalue weighted by molar-refractivity contribution is 5.84. The van der Waals surface area contributed by atoms with Crippen LogP contribution in [0.1, 0.15) is 55.9 Å². The van der Waals surface area contributed by atoms with E-state index >= 15 is 0 Å². The molecule has 0 saturated heterocycles. The summed E-state index contributed by atoms with van der Waals surface area (Å²) in [5.74, 6) is 0.848. The van der Waals surface area contributed by atoms with Gasteiger partial charge in [0.05, 0.1) is 35.3 Å². The number of aryl methyl sites for hydroxylation is 1. The van der Waals surface area contributed by atoms with Crippen molar-refractivity contribution in [2.75, 3.05) is 13.2 Å². The molecule has 1 aromatic heterocycles. The van der Waals surface area contributed by atoms with Crippen molar-refractivity contribution in [2.45, 2.75) is 47.1 Å². The van der Waals surface area contributed by atoms with Gasteiger partial charge in [-0.05, 0) is 85.8 Å². The number of benzene rings is 4. The van der Waals surface area contributed by atoms with E-state index in [1.54, 1.807) is 31.2 Å². The molecule has 0 aliphatic heterocycles. The summed E-state index contributed by atoms with van der Waals surface area (Å²) >= 11 is 0. The zero-order valence-electron chi connectivity index (χ0n) is 26.8. The van der Waals surface area contributed by atoms with E-state index < -0.39 is 16.3 Å². The lowest BCUT2D eigenvalue weighted by Gasteiger charge is -2.18. The quantitative estimate of drug-likeness (QED) is 0.0777. The van der Waals surface area contributed by atoms with Crippen LogP contribution in [0.15, 0.2) is 82.7 Å². The predicted octanol–water partition coefficient (Wildman–Crippen LogP) is 7.80. The summed E-state index contributed by atoms with van der Waals surface area (Å²) in [7, 11) is 0. The first-order valence-electron chi connectivity index (χ1n) is 15.3. The minimum atomic E-state index is -0.578. The molecule has 0 saturated carbocycles. The Bertz CT molecular complexity index is 2020. The molecule has 0 spiro atoms. The van der Waals surface area contributed by atoms with Crippen molar-refractivity contribution in [1.29, 1.82) is 0 Å². The highest BCUT2D eigenvalue weighted by Crippen LogP contribution is 2.39. The van der Waals surface area contributed by atoms with Crippen LogP contribution in [-0.4, -0.2) is 34.0 Å². The van der Waals surface area contributed by atoms with Crippen molar-refractivity contribution in [2.24, 2.45) is 5.10 Å². The summed E-state index contributed by atoms with van der Waals surface area (Å²) in [4.78, 5) is 30.4. The number of para-hydroxylation sites is 1. The van der Waals surface area contributed by atoms with Crippen LogP contribution in [0.25, 0.3) is 22.3 Å². The first-order valence-corrected chi connectivity index (χ1v) is 15.3. The molecule has 5 aromatic rings. The Kier molecular flexibility index (Phi) is 9.94. The fraction of sp³-hybridized carbons (Fsp3) is 0.250. The molecule has 1 heterocycles. The molecular weight excluding hydrogens is 603 g/mol.